The summed E-state index contributed by atoms with van der Waals surface area (Å²) >= 11 is 0. The average Bonchev–Trinajstić information content (AvgIpc) is 3.42. The summed E-state index contributed by atoms with van der Waals surface area (Å²) in [4.78, 5) is 30.9. The number of hydrogen-bond acceptors (Lipinski definition) is 9. The van der Waals surface area contributed by atoms with Crippen molar-refractivity contribution in [3.8, 4) is 17.8 Å². The second-order valence-corrected chi connectivity index (χ2v) is 11.4. The number of piperazine rings is 1. The predicted molar refractivity (Wildman–Crippen MR) is 162 cm³/mol. The number of nitriles is 1. The van der Waals surface area contributed by atoms with Gasteiger partial charge in [-0.2, -0.15) is 15.2 Å². The third kappa shape index (κ3) is 5.44. The Kier molecular flexibility index (Phi) is 7.85. The standard InChI is InChI=1S/C32H37N7O3/c1-3-30(41)39-16-15-38(19-23(39)10-12-33)31-27-11-14-37(29-18-25(40)17-22-7-4-5-9-26(22)29)20-28(27)34-32(35-31)42-21-24-8-6-13-36(24)2/h3-5,7,9,17-18,23-24,40H,1,6,8,10-11,13-16,19-21H2,2H3/t23-,24-/m0/s1. The Morgan fingerprint density at radius 3 is 2.81 bits per heavy atom. The number of carbonyl (C=O) groups excluding carboxylic acids is 1. The third-order valence-electron chi connectivity index (χ3n) is 8.83. The lowest BCUT2D eigenvalue weighted by Crippen LogP contribution is -2.55. The number of phenolic OH excluding ortho intramolecular Hbond substituents is 1. The maximum absolute atomic E-state index is 12.5. The Balaban J connectivity index is 1.34. The molecule has 3 aliphatic rings. The van der Waals surface area contributed by atoms with E-state index in [1.807, 2.05) is 24.3 Å². The SMILES string of the molecule is C=CC(=O)N1CCN(c2nc(OC[C@@H]3CCCN3C)nc3c2CCN(c2cc(O)cc4ccccc24)C3)C[C@@H]1CC#N. The topological polar surface area (TPSA) is 109 Å². The summed E-state index contributed by atoms with van der Waals surface area (Å²) in [6.45, 7) is 8.10. The van der Waals surface area contributed by atoms with Crippen LogP contribution in [0.1, 0.15) is 30.5 Å². The average molecular weight is 568 g/mol. The first-order valence-electron chi connectivity index (χ1n) is 14.7. The van der Waals surface area contributed by atoms with Crippen molar-refractivity contribution in [2.75, 3.05) is 56.2 Å². The minimum absolute atomic E-state index is 0.154. The number of likely N-dealkylation sites (N-methyl/N-ethyl adjacent to an activating group) is 1. The molecule has 2 atom stereocenters. The van der Waals surface area contributed by atoms with Gasteiger partial charge in [0.1, 0.15) is 18.2 Å². The molecule has 0 aliphatic carbocycles. The highest BCUT2D eigenvalue weighted by molar-refractivity contribution is 5.95. The Bertz CT molecular complexity index is 1540. The lowest BCUT2D eigenvalue weighted by Gasteiger charge is -2.42. The number of rotatable bonds is 7. The number of benzene rings is 2. The Morgan fingerprint density at radius 2 is 2.02 bits per heavy atom. The van der Waals surface area contributed by atoms with E-state index in [4.69, 9.17) is 14.7 Å². The number of ether oxygens (including phenoxy) is 1. The number of nitrogens with zero attached hydrogens (tertiary/aromatic N) is 7. The monoisotopic (exact) mass is 567 g/mol. The Labute approximate surface area is 246 Å². The number of aromatic hydroxyl groups is 1. The molecule has 10 nitrogen and oxygen atoms in total. The number of anilines is 2. The summed E-state index contributed by atoms with van der Waals surface area (Å²) in [5.74, 6) is 0.903. The summed E-state index contributed by atoms with van der Waals surface area (Å²) in [5, 5.41) is 22.1. The molecule has 1 aromatic heterocycles. The Morgan fingerprint density at radius 1 is 1.17 bits per heavy atom. The van der Waals surface area contributed by atoms with Crippen molar-refractivity contribution in [1.29, 1.82) is 5.26 Å². The van der Waals surface area contributed by atoms with E-state index in [2.05, 4.69) is 40.5 Å². The highest BCUT2D eigenvalue weighted by atomic mass is 16.5. The van der Waals surface area contributed by atoms with Crippen LogP contribution in [0.2, 0.25) is 0 Å². The van der Waals surface area contributed by atoms with Crippen molar-refractivity contribution in [2.45, 2.75) is 44.3 Å². The molecule has 2 saturated heterocycles. The third-order valence-corrected chi connectivity index (χ3v) is 8.83. The maximum atomic E-state index is 12.5. The summed E-state index contributed by atoms with van der Waals surface area (Å²) < 4.78 is 6.26. The van der Waals surface area contributed by atoms with Crippen LogP contribution in [0.25, 0.3) is 10.8 Å². The fourth-order valence-corrected chi connectivity index (χ4v) is 6.55. The van der Waals surface area contributed by atoms with Crippen LogP contribution in [0.4, 0.5) is 11.5 Å². The first-order chi connectivity index (χ1) is 20.4. The maximum Gasteiger partial charge on any atom is 0.318 e. The zero-order chi connectivity index (χ0) is 29.2. The van der Waals surface area contributed by atoms with Crippen molar-refractivity contribution >= 4 is 28.2 Å². The normalized spacial score (nSPS) is 20.8. The summed E-state index contributed by atoms with van der Waals surface area (Å²) in [6, 6.07) is 14.4. The number of likely N-dealkylation sites (tertiary alicyclic amines) is 1. The van der Waals surface area contributed by atoms with E-state index in [9.17, 15) is 15.2 Å². The summed E-state index contributed by atoms with van der Waals surface area (Å²) in [7, 11) is 2.12. The molecule has 0 bridgehead atoms. The van der Waals surface area contributed by atoms with Crippen molar-refractivity contribution < 1.29 is 14.6 Å². The highest BCUT2D eigenvalue weighted by Gasteiger charge is 2.33. The van der Waals surface area contributed by atoms with Gasteiger partial charge in [-0.3, -0.25) is 4.79 Å². The van der Waals surface area contributed by atoms with Gasteiger partial charge in [-0.25, -0.2) is 0 Å². The molecule has 0 radical (unpaired) electrons. The second kappa shape index (κ2) is 11.9. The molecule has 4 heterocycles. The lowest BCUT2D eigenvalue weighted by molar-refractivity contribution is -0.128. The van der Waals surface area contributed by atoms with Gasteiger partial charge < -0.3 is 29.4 Å². The van der Waals surface area contributed by atoms with E-state index in [1.165, 1.54) is 6.08 Å². The van der Waals surface area contributed by atoms with Crippen molar-refractivity contribution in [2.24, 2.45) is 0 Å². The molecule has 3 aromatic rings. The van der Waals surface area contributed by atoms with E-state index >= 15 is 0 Å². The first-order valence-corrected chi connectivity index (χ1v) is 14.7. The van der Waals surface area contributed by atoms with E-state index < -0.39 is 0 Å². The first kappa shape index (κ1) is 27.8. The second-order valence-electron chi connectivity index (χ2n) is 11.4. The van der Waals surface area contributed by atoms with E-state index in [-0.39, 0.29) is 24.1 Å². The van der Waals surface area contributed by atoms with Gasteiger partial charge in [0, 0.05) is 54.9 Å². The van der Waals surface area contributed by atoms with Crippen LogP contribution in [0.3, 0.4) is 0 Å². The van der Waals surface area contributed by atoms with Crippen molar-refractivity contribution in [1.82, 2.24) is 19.8 Å². The molecule has 0 unspecified atom stereocenters. The molecule has 6 rings (SSSR count). The minimum Gasteiger partial charge on any atom is -0.508 e. The number of aromatic nitrogens is 2. The summed E-state index contributed by atoms with van der Waals surface area (Å²) in [5.41, 5.74) is 2.94. The molecule has 218 valence electrons. The molecule has 3 aliphatic heterocycles. The molecule has 1 N–H and O–H groups in total. The van der Waals surface area contributed by atoms with E-state index in [0.29, 0.717) is 44.8 Å². The highest BCUT2D eigenvalue weighted by Crippen LogP contribution is 2.37. The molecule has 2 fully saturated rings. The zero-order valence-electron chi connectivity index (χ0n) is 24.1. The van der Waals surface area contributed by atoms with Gasteiger partial charge >= 0.3 is 6.01 Å². The van der Waals surface area contributed by atoms with E-state index in [0.717, 1.165) is 65.9 Å². The minimum atomic E-state index is -0.255. The van der Waals surface area contributed by atoms with Crippen molar-refractivity contribution in [3.05, 3.63) is 60.3 Å². The smallest absolute Gasteiger partial charge is 0.318 e. The zero-order valence-corrected chi connectivity index (χ0v) is 24.1. The predicted octanol–water partition coefficient (Wildman–Crippen LogP) is 3.49. The van der Waals surface area contributed by atoms with Gasteiger partial charge in [-0.05, 0) is 50.4 Å². The molecule has 10 heteroatoms. The molecule has 2 aromatic carbocycles. The van der Waals surface area contributed by atoms with Crippen LogP contribution >= 0.6 is 0 Å². The van der Waals surface area contributed by atoms with Crippen LogP contribution in [0, 0.1) is 11.3 Å². The molecule has 0 saturated carbocycles. The fraction of sp³-hybridized carbons (Fsp3) is 0.438. The van der Waals surface area contributed by atoms with Crippen molar-refractivity contribution in [3.63, 3.8) is 0 Å². The van der Waals surface area contributed by atoms with Gasteiger partial charge in [0.2, 0.25) is 5.91 Å². The van der Waals surface area contributed by atoms with Gasteiger partial charge in [0.15, 0.2) is 0 Å². The molecular formula is C32H37N7O3. The van der Waals surface area contributed by atoms with Crippen LogP contribution in [0.15, 0.2) is 49.1 Å². The molecule has 0 spiro atoms. The number of hydrogen-bond donors (Lipinski definition) is 1. The van der Waals surface area contributed by atoms with Crippen LogP contribution < -0.4 is 14.5 Å². The quantitative estimate of drug-likeness (QED) is 0.429. The fourth-order valence-electron chi connectivity index (χ4n) is 6.55. The number of fused-ring (bicyclic) bond motifs is 2. The molecule has 42 heavy (non-hydrogen) atoms. The largest absolute Gasteiger partial charge is 0.508 e. The lowest BCUT2D eigenvalue weighted by atomic mass is 10.0. The molecular weight excluding hydrogens is 530 g/mol. The molecule has 1 amide bonds. The van der Waals surface area contributed by atoms with Crippen LogP contribution in [0.5, 0.6) is 11.8 Å². The van der Waals surface area contributed by atoms with Gasteiger partial charge in [-0.1, -0.05) is 30.8 Å². The van der Waals surface area contributed by atoms with Gasteiger partial charge in [-0.15, -0.1) is 0 Å². The Hall–Kier alpha value is -4.36. The summed E-state index contributed by atoms with van der Waals surface area (Å²) in [6.07, 6.45) is 4.51. The van der Waals surface area contributed by atoms with Crippen LogP contribution in [-0.2, 0) is 17.8 Å². The van der Waals surface area contributed by atoms with Crippen LogP contribution in [-0.4, -0.2) is 89.2 Å². The van der Waals surface area contributed by atoms with Gasteiger partial charge in [0.05, 0.1) is 30.8 Å². The van der Waals surface area contributed by atoms with E-state index in [1.54, 1.807) is 11.0 Å². The van der Waals surface area contributed by atoms with Gasteiger partial charge in [0.25, 0.3) is 0 Å². The number of phenols is 1. The number of amides is 1. The number of carbonyl (C=O) groups is 1.